The number of amides is 3. The second-order valence-electron chi connectivity index (χ2n) is 8.89. The van der Waals surface area contributed by atoms with E-state index in [9.17, 15) is 23.2 Å². The highest BCUT2D eigenvalue weighted by Crippen LogP contribution is 2.20. The summed E-state index contributed by atoms with van der Waals surface area (Å²) in [5.74, 6) is -2.00. The largest absolute Gasteiger partial charge is 0.497 e. The van der Waals surface area contributed by atoms with Gasteiger partial charge in [0, 0.05) is 44.6 Å². The fourth-order valence-corrected chi connectivity index (χ4v) is 4.24. The SMILES string of the molecule is COc1cccc(CC(=O)N[C@@H]2CCC[C@@H](C(=O)NCc3cc(F)cc(F)c3)CC(=O)N(C)C2)c1. The molecule has 2 atom stereocenters. The minimum Gasteiger partial charge on any atom is -0.497 e. The van der Waals surface area contributed by atoms with Crippen molar-refractivity contribution in [1.29, 1.82) is 0 Å². The van der Waals surface area contributed by atoms with Crippen molar-refractivity contribution in [2.45, 2.75) is 44.7 Å². The number of benzene rings is 2. The van der Waals surface area contributed by atoms with Crippen molar-refractivity contribution in [2.75, 3.05) is 20.7 Å². The number of rotatable bonds is 7. The smallest absolute Gasteiger partial charge is 0.224 e. The third-order valence-corrected chi connectivity index (χ3v) is 6.07. The molecular weight excluding hydrogens is 456 g/mol. The standard InChI is InChI=1S/C26H31F2N3O4/c1-31-16-22(30-24(32)12-17-5-3-8-23(11-17)35-2)7-4-6-19(13-25(31)33)26(34)29-15-18-9-20(27)14-21(28)10-18/h3,5,8-11,14,19,22H,4,6-7,12-13,15-16H2,1-2H3,(H,29,34)(H,30,32)/t19-,22-/m1/s1. The molecule has 35 heavy (non-hydrogen) atoms. The maximum atomic E-state index is 13.4. The van der Waals surface area contributed by atoms with Crippen LogP contribution in [0.25, 0.3) is 0 Å². The monoisotopic (exact) mass is 487 g/mol. The highest BCUT2D eigenvalue weighted by molar-refractivity contribution is 5.86. The lowest BCUT2D eigenvalue weighted by Gasteiger charge is -2.24. The van der Waals surface area contributed by atoms with Crippen LogP contribution in [-0.4, -0.2) is 49.4 Å². The van der Waals surface area contributed by atoms with Crippen molar-refractivity contribution in [3.05, 3.63) is 65.2 Å². The summed E-state index contributed by atoms with van der Waals surface area (Å²) >= 11 is 0. The molecule has 0 bridgehead atoms. The summed E-state index contributed by atoms with van der Waals surface area (Å²) in [6, 6.07) is 10.1. The predicted octanol–water partition coefficient (Wildman–Crippen LogP) is 2.97. The Morgan fingerprint density at radius 3 is 2.54 bits per heavy atom. The van der Waals surface area contributed by atoms with Crippen LogP contribution in [0.15, 0.2) is 42.5 Å². The Kier molecular flexibility index (Phi) is 9.17. The van der Waals surface area contributed by atoms with Gasteiger partial charge in [0.05, 0.1) is 13.5 Å². The summed E-state index contributed by atoms with van der Waals surface area (Å²) < 4.78 is 32.0. The number of carbonyl (C=O) groups is 3. The van der Waals surface area contributed by atoms with E-state index in [1.54, 1.807) is 20.2 Å². The molecule has 3 amide bonds. The minimum absolute atomic E-state index is 0.0308. The lowest BCUT2D eigenvalue weighted by molar-refractivity contribution is -0.135. The summed E-state index contributed by atoms with van der Waals surface area (Å²) in [5.41, 5.74) is 1.13. The van der Waals surface area contributed by atoms with Gasteiger partial charge in [-0.05, 0) is 48.2 Å². The first-order chi connectivity index (χ1) is 16.7. The summed E-state index contributed by atoms with van der Waals surface area (Å²) in [5, 5.41) is 5.69. The van der Waals surface area contributed by atoms with Crippen LogP contribution in [0.2, 0.25) is 0 Å². The van der Waals surface area contributed by atoms with Gasteiger partial charge in [-0.2, -0.15) is 0 Å². The number of carbonyl (C=O) groups excluding carboxylic acids is 3. The Morgan fingerprint density at radius 1 is 1.09 bits per heavy atom. The van der Waals surface area contributed by atoms with E-state index in [1.807, 2.05) is 18.2 Å². The number of hydrogen-bond donors (Lipinski definition) is 2. The molecule has 188 valence electrons. The Bertz CT molecular complexity index is 1040. The van der Waals surface area contributed by atoms with Crippen LogP contribution in [-0.2, 0) is 27.3 Å². The van der Waals surface area contributed by atoms with Gasteiger partial charge in [-0.25, -0.2) is 8.78 Å². The Morgan fingerprint density at radius 2 is 1.83 bits per heavy atom. The van der Waals surface area contributed by atoms with Crippen LogP contribution in [0.3, 0.4) is 0 Å². The van der Waals surface area contributed by atoms with E-state index in [0.29, 0.717) is 37.1 Å². The molecule has 0 aliphatic carbocycles. The van der Waals surface area contributed by atoms with Crippen LogP contribution >= 0.6 is 0 Å². The average molecular weight is 488 g/mol. The molecule has 1 fully saturated rings. The van der Waals surface area contributed by atoms with E-state index in [-0.39, 0.29) is 43.1 Å². The molecule has 0 saturated carbocycles. The number of hydrogen-bond acceptors (Lipinski definition) is 4. The second-order valence-corrected chi connectivity index (χ2v) is 8.89. The zero-order valence-corrected chi connectivity index (χ0v) is 20.0. The number of likely N-dealkylation sites (N-methyl/N-ethyl adjacent to an activating group) is 1. The summed E-state index contributed by atoms with van der Waals surface area (Å²) in [7, 11) is 3.22. The van der Waals surface area contributed by atoms with E-state index in [4.69, 9.17) is 4.74 Å². The van der Waals surface area contributed by atoms with E-state index < -0.39 is 17.6 Å². The molecule has 7 nitrogen and oxygen atoms in total. The number of halogens is 2. The molecule has 0 unspecified atom stereocenters. The predicted molar refractivity (Wildman–Crippen MR) is 126 cm³/mol. The fourth-order valence-electron chi connectivity index (χ4n) is 4.24. The van der Waals surface area contributed by atoms with Gasteiger partial charge >= 0.3 is 0 Å². The van der Waals surface area contributed by atoms with E-state index in [1.165, 1.54) is 4.90 Å². The lowest BCUT2D eigenvalue weighted by atomic mass is 9.96. The zero-order valence-electron chi connectivity index (χ0n) is 20.0. The van der Waals surface area contributed by atoms with Gasteiger partial charge in [0.1, 0.15) is 17.4 Å². The van der Waals surface area contributed by atoms with Gasteiger partial charge < -0.3 is 20.3 Å². The Labute approximate surface area is 203 Å². The van der Waals surface area contributed by atoms with Gasteiger partial charge in [-0.1, -0.05) is 18.6 Å². The van der Waals surface area contributed by atoms with Crippen LogP contribution in [0.1, 0.15) is 36.8 Å². The van der Waals surface area contributed by atoms with E-state index in [2.05, 4.69) is 10.6 Å². The molecule has 3 rings (SSSR count). The molecule has 1 heterocycles. The van der Waals surface area contributed by atoms with Gasteiger partial charge in [-0.3, -0.25) is 14.4 Å². The lowest BCUT2D eigenvalue weighted by Crippen LogP contribution is -2.44. The highest BCUT2D eigenvalue weighted by atomic mass is 19.1. The summed E-state index contributed by atoms with van der Waals surface area (Å²) in [6.07, 6.45) is 1.94. The van der Waals surface area contributed by atoms with Crippen molar-refractivity contribution in [2.24, 2.45) is 5.92 Å². The molecule has 1 aliphatic heterocycles. The molecule has 0 spiro atoms. The average Bonchev–Trinajstić information content (AvgIpc) is 2.86. The fraction of sp³-hybridized carbons (Fsp3) is 0.423. The third kappa shape index (κ3) is 8.05. The van der Waals surface area contributed by atoms with Crippen molar-refractivity contribution >= 4 is 17.7 Å². The first kappa shape index (κ1) is 26.1. The van der Waals surface area contributed by atoms with Crippen LogP contribution in [0.4, 0.5) is 8.78 Å². The van der Waals surface area contributed by atoms with Crippen LogP contribution < -0.4 is 15.4 Å². The van der Waals surface area contributed by atoms with Crippen molar-refractivity contribution in [3.63, 3.8) is 0 Å². The minimum atomic E-state index is -0.715. The normalized spacial score (nSPS) is 18.7. The summed E-state index contributed by atoms with van der Waals surface area (Å²) in [4.78, 5) is 39.6. The number of nitrogens with one attached hydrogen (secondary N) is 2. The molecule has 2 aromatic rings. The maximum absolute atomic E-state index is 13.4. The molecule has 9 heteroatoms. The topological polar surface area (TPSA) is 87.7 Å². The first-order valence-electron chi connectivity index (χ1n) is 11.6. The van der Waals surface area contributed by atoms with E-state index >= 15 is 0 Å². The zero-order chi connectivity index (χ0) is 25.4. The van der Waals surface area contributed by atoms with Gasteiger partial charge in [0.25, 0.3) is 0 Å². The number of nitrogens with zero attached hydrogens (tertiary/aromatic N) is 1. The van der Waals surface area contributed by atoms with Crippen molar-refractivity contribution in [3.8, 4) is 5.75 Å². The summed E-state index contributed by atoms with van der Waals surface area (Å²) in [6.45, 7) is 0.316. The maximum Gasteiger partial charge on any atom is 0.224 e. The van der Waals surface area contributed by atoms with Crippen molar-refractivity contribution < 1.29 is 27.9 Å². The van der Waals surface area contributed by atoms with Gasteiger partial charge in [0.15, 0.2) is 0 Å². The number of methoxy groups -OCH3 is 1. The molecule has 2 N–H and O–H groups in total. The highest BCUT2D eigenvalue weighted by Gasteiger charge is 2.27. The molecule has 1 aliphatic rings. The molecular formula is C26H31F2N3O4. The quantitative estimate of drug-likeness (QED) is 0.629. The van der Waals surface area contributed by atoms with Gasteiger partial charge in [-0.15, -0.1) is 0 Å². The molecule has 2 aromatic carbocycles. The first-order valence-corrected chi connectivity index (χ1v) is 11.6. The third-order valence-electron chi connectivity index (χ3n) is 6.07. The number of ether oxygens (including phenoxy) is 1. The molecule has 0 aromatic heterocycles. The van der Waals surface area contributed by atoms with E-state index in [0.717, 1.165) is 23.8 Å². The van der Waals surface area contributed by atoms with Crippen molar-refractivity contribution in [1.82, 2.24) is 15.5 Å². The van der Waals surface area contributed by atoms with Crippen LogP contribution in [0, 0.1) is 17.6 Å². The Hall–Kier alpha value is -3.49. The Balaban J connectivity index is 1.56. The molecule has 0 radical (unpaired) electrons. The second kappa shape index (κ2) is 12.3. The van der Waals surface area contributed by atoms with Gasteiger partial charge in [0.2, 0.25) is 17.7 Å². The van der Waals surface area contributed by atoms with Crippen LogP contribution in [0.5, 0.6) is 5.75 Å². The molecule has 1 saturated heterocycles.